The van der Waals surface area contributed by atoms with Crippen LogP contribution in [-0.2, 0) is 20.6 Å². The summed E-state index contributed by atoms with van der Waals surface area (Å²) >= 11 is 0. The highest BCUT2D eigenvalue weighted by atomic mass is 16.5. The van der Waals surface area contributed by atoms with Crippen molar-refractivity contribution in [3.05, 3.63) is 64.1 Å². The van der Waals surface area contributed by atoms with Crippen LogP contribution in [0.2, 0.25) is 0 Å². The molecule has 0 saturated heterocycles. The SMILES string of the molecule is COc1cccc(C(=O)NCc2ccc3c(c2)n(C)c(=O)n3C)c1. The number of ether oxygens (including phenoxy) is 1. The van der Waals surface area contributed by atoms with E-state index in [1.54, 1.807) is 54.6 Å². The molecule has 6 nitrogen and oxygen atoms in total. The van der Waals surface area contributed by atoms with Gasteiger partial charge in [0.15, 0.2) is 0 Å². The first-order valence-electron chi connectivity index (χ1n) is 7.58. The molecule has 6 heteroatoms. The number of hydrogen-bond acceptors (Lipinski definition) is 3. The third kappa shape index (κ3) is 2.78. The minimum Gasteiger partial charge on any atom is -0.497 e. The van der Waals surface area contributed by atoms with E-state index in [9.17, 15) is 9.59 Å². The Labute approximate surface area is 139 Å². The van der Waals surface area contributed by atoms with E-state index in [1.807, 2.05) is 18.2 Å². The lowest BCUT2D eigenvalue weighted by molar-refractivity contribution is 0.0950. The lowest BCUT2D eigenvalue weighted by atomic mass is 10.1. The molecule has 3 aromatic rings. The second kappa shape index (κ2) is 6.23. The molecule has 0 bridgehead atoms. The van der Waals surface area contributed by atoms with Gasteiger partial charge in [0.25, 0.3) is 5.91 Å². The molecule has 1 amide bonds. The summed E-state index contributed by atoms with van der Waals surface area (Å²) in [7, 11) is 5.05. The number of hydrogen-bond donors (Lipinski definition) is 1. The molecule has 3 rings (SSSR count). The number of aromatic nitrogens is 2. The number of carbonyl (C=O) groups excluding carboxylic acids is 1. The standard InChI is InChI=1S/C18H19N3O3/c1-20-15-8-7-12(9-16(15)21(2)18(20)23)11-19-17(22)13-5-4-6-14(10-13)24-3/h4-10H,11H2,1-3H3,(H,19,22). The number of amides is 1. The molecule has 1 N–H and O–H groups in total. The minimum atomic E-state index is -0.170. The molecule has 0 aliphatic rings. The Morgan fingerprint density at radius 1 is 1.08 bits per heavy atom. The number of imidazole rings is 1. The van der Waals surface area contributed by atoms with E-state index in [2.05, 4.69) is 5.32 Å². The number of benzene rings is 2. The molecule has 0 unspecified atom stereocenters. The van der Waals surface area contributed by atoms with Crippen molar-refractivity contribution >= 4 is 16.9 Å². The Balaban J connectivity index is 1.79. The van der Waals surface area contributed by atoms with Gasteiger partial charge in [-0.15, -0.1) is 0 Å². The summed E-state index contributed by atoms with van der Waals surface area (Å²) in [6.07, 6.45) is 0. The summed E-state index contributed by atoms with van der Waals surface area (Å²) in [5.41, 5.74) is 3.12. The predicted octanol–water partition coefficient (Wildman–Crippen LogP) is 1.82. The highest BCUT2D eigenvalue weighted by Crippen LogP contribution is 2.15. The van der Waals surface area contributed by atoms with Crippen LogP contribution in [0.5, 0.6) is 5.75 Å². The zero-order chi connectivity index (χ0) is 17.3. The average molecular weight is 325 g/mol. The Hall–Kier alpha value is -3.02. The van der Waals surface area contributed by atoms with Crippen LogP contribution < -0.4 is 15.7 Å². The molecule has 0 radical (unpaired) electrons. The zero-order valence-corrected chi connectivity index (χ0v) is 13.9. The van der Waals surface area contributed by atoms with Gasteiger partial charge < -0.3 is 10.1 Å². The van der Waals surface area contributed by atoms with E-state index in [4.69, 9.17) is 4.74 Å². The van der Waals surface area contributed by atoms with Crippen molar-refractivity contribution in [2.24, 2.45) is 14.1 Å². The maximum Gasteiger partial charge on any atom is 0.328 e. The quantitative estimate of drug-likeness (QED) is 0.796. The van der Waals surface area contributed by atoms with E-state index in [0.717, 1.165) is 16.6 Å². The van der Waals surface area contributed by atoms with Gasteiger partial charge in [0.1, 0.15) is 5.75 Å². The average Bonchev–Trinajstić information content (AvgIpc) is 2.84. The molecule has 1 aromatic heterocycles. The molecular weight excluding hydrogens is 306 g/mol. The zero-order valence-electron chi connectivity index (χ0n) is 13.9. The number of nitrogens with one attached hydrogen (secondary N) is 1. The van der Waals surface area contributed by atoms with Crippen molar-refractivity contribution in [3.63, 3.8) is 0 Å². The molecule has 2 aromatic carbocycles. The third-order valence-corrected chi connectivity index (χ3v) is 4.12. The highest BCUT2D eigenvalue weighted by molar-refractivity contribution is 5.94. The molecule has 0 aliphatic carbocycles. The topological polar surface area (TPSA) is 65.3 Å². The van der Waals surface area contributed by atoms with Gasteiger partial charge in [0.2, 0.25) is 0 Å². The van der Waals surface area contributed by atoms with Gasteiger partial charge in [-0.25, -0.2) is 4.79 Å². The highest BCUT2D eigenvalue weighted by Gasteiger charge is 2.10. The predicted molar refractivity (Wildman–Crippen MR) is 92.3 cm³/mol. The smallest absolute Gasteiger partial charge is 0.328 e. The fourth-order valence-corrected chi connectivity index (χ4v) is 2.71. The van der Waals surface area contributed by atoms with Gasteiger partial charge in [0.05, 0.1) is 18.1 Å². The van der Waals surface area contributed by atoms with E-state index in [1.165, 1.54) is 0 Å². The van der Waals surface area contributed by atoms with Crippen molar-refractivity contribution in [1.29, 1.82) is 0 Å². The normalized spacial score (nSPS) is 10.8. The lowest BCUT2D eigenvalue weighted by Gasteiger charge is -2.07. The fraction of sp³-hybridized carbons (Fsp3) is 0.222. The summed E-state index contributed by atoms with van der Waals surface area (Å²) in [5.74, 6) is 0.472. The minimum absolute atomic E-state index is 0.0671. The fourth-order valence-electron chi connectivity index (χ4n) is 2.71. The van der Waals surface area contributed by atoms with Gasteiger partial charge in [-0.3, -0.25) is 13.9 Å². The van der Waals surface area contributed by atoms with Crippen LogP contribution in [0.15, 0.2) is 47.3 Å². The number of nitrogens with zero attached hydrogens (tertiary/aromatic N) is 2. The first kappa shape index (κ1) is 15.9. The number of carbonyl (C=O) groups is 1. The van der Waals surface area contributed by atoms with E-state index in [-0.39, 0.29) is 11.6 Å². The van der Waals surface area contributed by atoms with Gasteiger partial charge in [-0.2, -0.15) is 0 Å². The third-order valence-electron chi connectivity index (χ3n) is 4.12. The van der Waals surface area contributed by atoms with E-state index in [0.29, 0.717) is 17.9 Å². The molecule has 0 spiro atoms. The van der Waals surface area contributed by atoms with Crippen molar-refractivity contribution in [2.75, 3.05) is 7.11 Å². The maximum atomic E-state index is 12.2. The monoisotopic (exact) mass is 325 g/mol. The Morgan fingerprint density at radius 3 is 2.58 bits per heavy atom. The maximum absolute atomic E-state index is 12.2. The summed E-state index contributed by atoms with van der Waals surface area (Å²) in [6.45, 7) is 0.384. The largest absolute Gasteiger partial charge is 0.497 e. The second-order valence-electron chi connectivity index (χ2n) is 5.64. The summed E-state index contributed by atoms with van der Waals surface area (Å²) in [4.78, 5) is 24.2. The number of rotatable bonds is 4. The van der Waals surface area contributed by atoms with Gasteiger partial charge in [0, 0.05) is 26.2 Å². The van der Waals surface area contributed by atoms with Gasteiger partial charge in [-0.05, 0) is 35.9 Å². The van der Waals surface area contributed by atoms with E-state index >= 15 is 0 Å². The summed E-state index contributed by atoms with van der Waals surface area (Å²) in [6, 6.07) is 12.7. The van der Waals surface area contributed by atoms with Crippen LogP contribution in [0.1, 0.15) is 15.9 Å². The Bertz CT molecular complexity index is 969. The Kier molecular flexibility index (Phi) is 4.12. The van der Waals surface area contributed by atoms with Crippen LogP contribution in [-0.4, -0.2) is 22.2 Å². The van der Waals surface area contributed by atoms with Gasteiger partial charge >= 0.3 is 5.69 Å². The van der Waals surface area contributed by atoms with Crippen LogP contribution in [0.25, 0.3) is 11.0 Å². The summed E-state index contributed by atoms with van der Waals surface area (Å²) in [5, 5.41) is 2.88. The molecule has 24 heavy (non-hydrogen) atoms. The number of aryl methyl sites for hydroxylation is 2. The molecule has 1 heterocycles. The molecule has 0 atom stereocenters. The molecule has 0 saturated carbocycles. The molecular formula is C18H19N3O3. The second-order valence-corrected chi connectivity index (χ2v) is 5.64. The van der Waals surface area contributed by atoms with Crippen molar-refractivity contribution in [3.8, 4) is 5.75 Å². The molecule has 124 valence electrons. The lowest BCUT2D eigenvalue weighted by Crippen LogP contribution is -2.22. The Morgan fingerprint density at radius 2 is 1.83 bits per heavy atom. The first-order valence-corrected chi connectivity index (χ1v) is 7.58. The molecule has 0 fully saturated rings. The van der Waals surface area contributed by atoms with Crippen molar-refractivity contribution in [1.82, 2.24) is 14.5 Å². The van der Waals surface area contributed by atoms with Crippen LogP contribution in [0.4, 0.5) is 0 Å². The first-order chi connectivity index (χ1) is 11.5. The van der Waals surface area contributed by atoms with E-state index < -0.39 is 0 Å². The van der Waals surface area contributed by atoms with Crippen LogP contribution >= 0.6 is 0 Å². The van der Waals surface area contributed by atoms with Crippen LogP contribution in [0.3, 0.4) is 0 Å². The number of fused-ring (bicyclic) bond motifs is 1. The van der Waals surface area contributed by atoms with Crippen LogP contribution in [0, 0.1) is 0 Å². The molecule has 0 aliphatic heterocycles. The van der Waals surface area contributed by atoms with Crippen molar-refractivity contribution in [2.45, 2.75) is 6.54 Å². The number of methoxy groups -OCH3 is 1. The van der Waals surface area contributed by atoms with Gasteiger partial charge in [-0.1, -0.05) is 12.1 Å². The van der Waals surface area contributed by atoms with Crippen molar-refractivity contribution < 1.29 is 9.53 Å². The summed E-state index contributed by atoms with van der Waals surface area (Å²) < 4.78 is 8.33.